The van der Waals surface area contributed by atoms with Gasteiger partial charge in [-0.05, 0) is 42.3 Å². The monoisotopic (exact) mass is 350 g/mol. The maximum absolute atomic E-state index is 12.0. The van der Waals surface area contributed by atoms with Crippen molar-refractivity contribution in [2.75, 3.05) is 21.3 Å². The van der Waals surface area contributed by atoms with Crippen molar-refractivity contribution in [3.05, 3.63) is 47.0 Å². The molecule has 128 valence electrons. The van der Waals surface area contributed by atoms with E-state index in [0.717, 1.165) is 5.56 Å². The van der Waals surface area contributed by atoms with Crippen molar-refractivity contribution in [2.24, 2.45) is 0 Å². The first kappa shape index (κ1) is 17.9. The third kappa shape index (κ3) is 4.55. The molecule has 0 radical (unpaired) electrons. The lowest BCUT2D eigenvalue weighted by molar-refractivity contribution is -0.134. The summed E-state index contributed by atoms with van der Waals surface area (Å²) in [6.45, 7) is 0. The van der Waals surface area contributed by atoms with Crippen LogP contribution in [0.25, 0.3) is 0 Å². The second kappa shape index (κ2) is 8.45. The Kier molecular flexibility index (Phi) is 6.32. The molecule has 0 spiro atoms. The highest BCUT2D eigenvalue weighted by Crippen LogP contribution is 2.38. The van der Waals surface area contributed by atoms with Gasteiger partial charge in [0.1, 0.15) is 5.75 Å². The highest BCUT2D eigenvalue weighted by molar-refractivity contribution is 6.30. The van der Waals surface area contributed by atoms with E-state index in [4.69, 9.17) is 30.5 Å². The number of methoxy groups -OCH3 is 3. The van der Waals surface area contributed by atoms with Crippen molar-refractivity contribution in [1.82, 2.24) is 0 Å². The number of rotatable bonds is 7. The summed E-state index contributed by atoms with van der Waals surface area (Å²) in [4.78, 5) is 12.0. The van der Waals surface area contributed by atoms with Crippen molar-refractivity contribution in [2.45, 2.75) is 12.8 Å². The van der Waals surface area contributed by atoms with Gasteiger partial charge in [0.2, 0.25) is 5.75 Å². The van der Waals surface area contributed by atoms with Crippen LogP contribution in [0.2, 0.25) is 5.02 Å². The van der Waals surface area contributed by atoms with E-state index in [2.05, 4.69) is 0 Å². The van der Waals surface area contributed by atoms with Gasteiger partial charge >= 0.3 is 5.97 Å². The van der Waals surface area contributed by atoms with Crippen molar-refractivity contribution < 1.29 is 23.7 Å². The van der Waals surface area contributed by atoms with Crippen molar-refractivity contribution in [1.29, 1.82) is 0 Å². The average molecular weight is 351 g/mol. The summed E-state index contributed by atoms with van der Waals surface area (Å²) in [6, 6.07) is 10.4. The third-order valence-electron chi connectivity index (χ3n) is 3.37. The van der Waals surface area contributed by atoms with E-state index in [1.165, 1.54) is 0 Å². The van der Waals surface area contributed by atoms with Gasteiger partial charge in [0.15, 0.2) is 11.5 Å². The maximum atomic E-state index is 12.0. The molecule has 0 atom stereocenters. The second-order valence-electron chi connectivity index (χ2n) is 4.97. The summed E-state index contributed by atoms with van der Waals surface area (Å²) < 4.78 is 21.1. The Morgan fingerprint density at radius 1 is 1.00 bits per heavy atom. The minimum Gasteiger partial charge on any atom is -0.493 e. The lowest BCUT2D eigenvalue weighted by Gasteiger charge is -2.14. The fourth-order valence-corrected chi connectivity index (χ4v) is 2.42. The van der Waals surface area contributed by atoms with Gasteiger partial charge in [0.25, 0.3) is 0 Å². The van der Waals surface area contributed by atoms with E-state index in [9.17, 15) is 4.79 Å². The largest absolute Gasteiger partial charge is 0.493 e. The molecule has 0 N–H and O–H groups in total. The number of benzene rings is 2. The van der Waals surface area contributed by atoms with Crippen molar-refractivity contribution in [3.63, 3.8) is 0 Å². The number of halogens is 1. The van der Waals surface area contributed by atoms with Gasteiger partial charge in [-0.25, -0.2) is 0 Å². The third-order valence-corrected chi connectivity index (χ3v) is 3.61. The summed E-state index contributed by atoms with van der Waals surface area (Å²) >= 11 is 5.87. The predicted octanol–water partition coefficient (Wildman–Crippen LogP) is 3.90. The van der Waals surface area contributed by atoms with E-state index in [-0.39, 0.29) is 12.4 Å². The van der Waals surface area contributed by atoms with E-state index >= 15 is 0 Å². The lowest BCUT2D eigenvalue weighted by Crippen LogP contribution is -2.09. The summed E-state index contributed by atoms with van der Waals surface area (Å²) in [6.07, 6.45) is 0.696. The highest BCUT2D eigenvalue weighted by atomic mass is 35.5. The van der Waals surface area contributed by atoms with E-state index in [1.54, 1.807) is 45.6 Å². The lowest BCUT2D eigenvalue weighted by atomic mass is 10.1. The van der Waals surface area contributed by atoms with Gasteiger partial charge in [-0.2, -0.15) is 0 Å². The smallest absolute Gasteiger partial charge is 0.311 e. The van der Waals surface area contributed by atoms with Gasteiger partial charge in [-0.3, -0.25) is 4.79 Å². The van der Waals surface area contributed by atoms with Crippen LogP contribution in [0.15, 0.2) is 36.4 Å². The molecule has 0 aliphatic rings. The summed E-state index contributed by atoms with van der Waals surface area (Å²) in [5.41, 5.74) is 0.882. The van der Waals surface area contributed by atoms with Gasteiger partial charge in [0, 0.05) is 11.4 Å². The topological polar surface area (TPSA) is 54.0 Å². The molecule has 2 aromatic carbocycles. The molecule has 0 unspecified atom stereocenters. The van der Waals surface area contributed by atoms with Crippen LogP contribution in [-0.2, 0) is 11.2 Å². The van der Waals surface area contributed by atoms with Crippen LogP contribution in [0.3, 0.4) is 0 Å². The zero-order chi connectivity index (χ0) is 17.5. The molecule has 0 aromatic heterocycles. The normalized spacial score (nSPS) is 10.2. The Hall–Kier alpha value is -2.40. The first-order valence-corrected chi connectivity index (χ1v) is 7.70. The van der Waals surface area contributed by atoms with E-state index in [0.29, 0.717) is 34.4 Å². The van der Waals surface area contributed by atoms with Crippen molar-refractivity contribution >= 4 is 17.6 Å². The minimum absolute atomic E-state index is 0.213. The van der Waals surface area contributed by atoms with E-state index < -0.39 is 0 Å². The molecule has 0 aliphatic carbocycles. The highest BCUT2D eigenvalue weighted by Gasteiger charge is 2.14. The van der Waals surface area contributed by atoms with Gasteiger partial charge in [-0.1, -0.05) is 17.7 Å². The van der Waals surface area contributed by atoms with Gasteiger partial charge in [0.05, 0.1) is 21.3 Å². The molecule has 6 heteroatoms. The number of carbonyl (C=O) groups excluding carboxylic acids is 1. The molecule has 0 saturated heterocycles. The Balaban J connectivity index is 2.04. The van der Waals surface area contributed by atoms with Crippen molar-refractivity contribution in [3.8, 4) is 23.0 Å². The van der Waals surface area contributed by atoms with E-state index in [1.807, 2.05) is 12.1 Å². The number of aryl methyl sites for hydroxylation is 1. The molecular weight excluding hydrogens is 332 g/mol. The first-order chi connectivity index (χ1) is 11.6. The number of hydrogen-bond acceptors (Lipinski definition) is 5. The molecule has 0 fully saturated rings. The molecular formula is C18H19ClO5. The Bertz CT molecular complexity index is 689. The zero-order valence-corrected chi connectivity index (χ0v) is 14.6. The summed E-state index contributed by atoms with van der Waals surface area (Å²) in [5.74, 6) is 1.71. The molecule has 5 nitrogen and oxygen atoms in total. The fraction of sp³-hybridized carbons (Fsp3) is 0.278. The summed E-state index contributed by atoms with van der Waals surface area (Å²) in [7, 11) is 4.64. The van der Waals surface area contributed by atoms with Crippen LogP contribution >= 0.6 is 11.6 Å². The number of esters is 1. The molecule has 0 saturated carbocycles. The standard InChI is InChI=1S/C18H19ClO5/c1-21-15-9-12(10-16(22-2)18(15)23-3)7-8-17(20)24-14-6-4-5-13(19)11-14/h4-6,9-11H,7-8H2,1-3H3. The second-order valence-corrected chi connectivity index (χ2v) is 5.40. The van der Waals surface area contributed by atoms with Gasteiger partial charge in [-0.15, -0.1) is 0 Å². The molecule has 0 heterocycles. The van der Waals surface area contributed by atoms with Crippen LogP contribution in [0, 0.1) is 0 Å². The predicted molar refractivity (Wildman–Crippen MR) is 91.5 cm³/mol. The number of ether oxygens (including phenoxy) is 4. The quantitative estimate of drug-likeness (QED) is 0.560. The molecule has 2 aromatic rings. The Morgan fingerprint density at radius 2 is 1.67 bits per heavy atom. The van der Waals surface area contributed by atoms with Crippen LogP contribution in [-0.4, -0.2) is 27.3 Å². The molecule has 2 rings (SSSR count). The van der Waals surface area contributed by atoms with Crippen LogP contribution in [0.5, 0.6) is 23.0 Å². The fourth-order valence-electron chi connectivity index (χ4n) is 2.24. The molecule has 0 aliphatic heterocycles. The Labute approximate surface area is 146 Å². The SMILES string of the molecule is COc1cc(CCC(=O)Oc2cccc(Cl)c2)cc(OC)c1OC. The molecule has 0 bridgehead atoms. The Morgan fingerprint density at radius 3 is 2.21 bits per heavy atom. The minimum atomic E-state index is -0.342. The number of carbonyl (C=O) groups is 1. The summed E-state index contributed by atoms with van der Waals surface area (Å²) in [5, 5.41) is 0.518. The number of hydrogen-bond donors (Lipinski definition) is 0. The molecule has 24 heavy (non-hydrogen) atoms. The first-order valence-electron chi connectivity index (χ1n) is 7.32. The maximum Gasteiger partial charge on any atom is 0.311 e. The zero-order valence-electron chi connectivity index (χ0n) is 13.8. The van der Waals surface area contributed by atoms with Crippen LogP contribution in [0.4, 0.5) is 0 Å². The van der Waals surface area contributed by atoms with Gasteiger partial charge < -0.3 is 18.9 Å². The average Bonchev–Trinajstić information content (AvgIpc) is 2.58. The molecule has 0 amide bonds. The van der Waals surface area contributed by atoms with Crippen LogP contribution < -0.4 is 18.9 Å². The van der Waals surface area contributed by atoms with Crippen LogP contribution in [0.1, 0.15) is 12.0 Å².